The molecule has 0 spiro atoms. The number of furan rings is 1. The van der Waals surface area contributed by atoms with Crippen LogP contribution in [0.15, 0.2) is 22.8 Å². The van der Waals surface area contributed by atoms with Crippen LogP contribution in [0.3, 0.4) is 0 Å². The Morgan fingerprint density at radius 1 is 1.45 bits per heavy atom. The van der Waals surface area contributed by atoms with Gasteiger partial charge >= 0.3 is 0 Å². The van der Waals surface area contributed by atoms with Gasteiger partial charge in [-0.1, -0.05) is 6.42 Å². The van der Waals surface area contributed by atoms with E-state index in [4.69, 9.17) is 10.2 Å². The Hall–Kier alpha value is -0.760. The van der Waals surface area contributed by atoms with Crippen molar-refractivity contribution in [2.24, 2.45) is 5.73 Å². The van der Waals surface area contributed by atoms with E-state index >= 15 is 0 Å². The summed E-state index contributed by atoms with van der Waals surface area (Å²) in [5.41, 5.74) is 5.91. The molecule has 1 aliphatic rings. The third kappa shape index (κ3) is 1.18. The van der Waals surface area contributed by atoms with Crippen molar-refractivity contribution in [1.29, 1.82) is 0 Å². The van der Waals surface area contributed by atoms with Crippen molar-refractivity contribution in [3.63, 3.8) is 0 Å². The van der Waals surface area contributed by atoms with E-state index in [2.05, 4.69) is 0 Å². The second-order valence-electron chi connectivity index (χ2n) is 3.22. The van der Waals surface area contributed by atoms with Crippen LogP contribution in [0.4, 0.5) is 0 Å². The summed E-state index contributed by atoms with van der Waals surface area (Å²) in [4.78, 5) is 0. The molecule has 2 nitrogen and oxygen atoms in total. The van der Waals surface area contributed by atoms with Gasteiger partial charge in [-0.2, -0.15) is 0 Å². The standard InChI is InChI=1S/C9H13NO/c10-8-4-1-3-7(8)9-5-2-6-11-9/h2,5-8H,1,3-4,10H2. The van der Waals surface area contributed by atoms with E-state index in [1.165, 1.54) is 12.8 Å². The molecule has 1 aromatic heterocycles. The minimum atomic E-state index is 0.321. The molecular formula is C9H13NO. The van der Waals surface area contributed by atoms with Crippen molar-refractivity contribution >= 4 is 0 Å². The number of hydrogen-bond acceptors (Lipinski definition) is 2. The Balaban J connectivity index is 2.16. The van der Waals surface area contributed by atoms with Crippen molar-refractivity contribution in [2.75, 3.05) is 0 Å². The fourth-order valence-corrected chi connectivity index (χ4v) is 1.84. The van der Waals surface area contributed by atoms with Gasteiger partial charge in [0.1, 0.15) is 5.76 Å². The van der Waals surface area contributed by atoms with Crippen LogP contribution in [0.1, 0.15) is 30.9 Å². The summed E-state index contributed by atoms with van der Waals surface area (Å²) in [6, 6.07) is 4.28. The summed E-state index contributed by atoms with van der Waals surface area (Å²) in [5.74, 6) is 1.54. The summed E-state index contributed by atoms with van der Waals surface area (Å²) >= 11 is 0. The van der Waals surface area contributed by atoms with Crippen molar-refractivity contribution in [3.8, 4) is 0 Å². The lowest BCUT2D eigenvalue weighted by molar-refractivity contribution is 0.443. The smallest absolute Gasteiger partial charge is 0.108 e. The molecule has 1 aliphatic carbocycles. The van der Waals surface area contributed by atoms with Gasteiger partial charge in [0.2, 0.25) is 0 Å². The lowest BCUT2D eigenvalue weighted by atomic mass is 10.0. The van der Waals surface area contributed by atoms with Gasteiger partial charge in [0.25, 0.3) is 0 Å². The zero-order valence-corrected chi connectivity index (χ0v) is 6.49. The molecule has 0 aromatic carbocycles. The molecule has 2 atom stereocenters. The molecule has 0 amide bonds. The molecular weight excluding hydrogens is 138 g/mol. The second-order valence-corrected chi connectivity index (χ2v) is 3.22. The van der Waals surface area contributed by atoms with E-state index in [0.717, 1.165) is 12.2 Å². The number of hydrogen-bond donors (Lipinski definition) is 1. The molecule has 11 heavy (non-hydrogen) atoms. The van der Waals surface area contributed by atoms with Crippen LogP contribution < -0.4 is 5.73 Å². The quantitative estimate of drug-likeness (QED) is 0.665. The van der Waals surface area contributed by atoms with Gasteiger partial charge in [-0.15, -0.1) is 0 Å². The normalized spacial score (nSPS) is 31.0. The van der Waals surface area contributed by atoms with Crippen molar-refractivity contribution in [1.82, 2.24) is 0 Å². The van der Waals surface area contributed by atoms with Gasteiger partial charge in [-0.05, 0) is 25.0 Å². The minimum Gasteiger partial charge on any atom is -0.469 e. The van der Waals surface area contributed by atoms with Crippen molar-refractivity contribution < 1.29 is 4.42 Å². The minimum absolute atomic E-state index is 0.321. The van der Waals surface area contributed by atoms with Crippen LogP contribution in [0.5, 0.6) is 0 Å². The second kappa shape index (κ2) is 2.70. The van der Waals surface area contributed by atoms with Crippen molar-refractivity contribution in [3.05, 3.63) is 24.2 Å². The molecule has 2 N–H and O–H groups in total. The fourth-order valence-electron chi connectivity index (χ4n) is 1.84. The molecule has 2 unspecified atom stereocenters. The van der Waals surface area contributed by atoms with Crippen LogP contribution in [0.2, 0.25) is 0 Å². The Labute approximate surface area is 66.4 Å². The molecule has 0 aliphatic heterocycles. The molecule has 2 heteroatoms. The monoisotopic (exact) mass is 151 g/mol. The predicted octanol–water partition coefficient (Wildman–Crippen LogP) is 1.87. The zero-order chi connectivity index (χ0) is 7.68. The van der Waals surface area contributed by atoms with Gasteiger partial charge < -0.3 is 10.2 Å². The molecule has 0 bridgehead atoms. The van der Waals surface area contributed by atoms with E-state index in [1.807, 2.05) is 12.1 Å². The van der Waals surface area contributed by atoms with Crippen LogP contribution in [0, 0.1) is 0 Å². The Morgan fingerprint density at radius 3 is 2.91 bits per heavy atom. The summed E-state index contributed by atoms with van der Waals surface area (Å²) in [6.07, 6.45) is 5.30. The Kier molecular flexibility index (Phi) is 1.70. The highest BCUT2D eigenvalue weighted by Gasteiger charge is 2.26. The van der Waals surface area contributed by atoms with Crippen LogP contribution >= 0.6 is 0 Å². The van der Waals surface area contributed by atoms with Crippen LogP contribution in [-0.2, 0) is 0 Å². The topological polar surface area (TPSA) is 39.2 Å². The van der Waals surface area contributed by atoms with Gasteiger partial charge in [0, 0.05) is 12.0 Å². The Morgan fingerprint density at radius 2 is 2.36 bits per heavy atom. The lowest BCUT2D eigenvalue weighted by Crippen LogP contribution is -2.22. The third-order valence-corrected chi connectivity index (χ3v) is 2.48. The first-order valence-corrected chi connectivity index (χ1v) is 4.17. The lowest BCUT2D eigenvalue weighted by Gasteiger charge is -2.11. The zero-order valence-electron chi connectivity index (χ0n) is 6.49. The summed E-state index contributed by atoms with van der Waals surface area (Å²) in [5, 5.41) is 0. The highest BCUT2D eigenvalue weighted by molar-refractivity contribution is 5.10. The first-order valence-electron chi connectivity index (χ1n) is 4.17. The Bertz CT molecular complexity index is 217. The maximum Gasteiger partial charge on any atom is 0.108 e. The first-order chi connectivity index (χ1) is 5.38. The largest absolute Gasteiger partial charge is 0.469 e. The summed E-state index contributed by atoms with van der Waals surface area (Å²) < 4.78 is 5.31. The molecule has 0 saturated heterocycles. The van der Waals surface area contributed by atoms with E-state index < -0.39 is 0 Å². The molecule has 1 saturated carbocycles. The summed E-state index contributed by atoms with van der Waals surface area (Å²) in [6.45, 7) is 0. The SMILES string of the molecule is NC1CCCC1c1ccco1. The van der Waals surface area contributed by atoms with Gasteiger partial charge in [0.05, 0.1) is 6.26 Å². The fraction of sp³-hybridized carbons (Fsp3) is 0.556. The first kappa shape index (κ1) is 6.92. The highest BCUT2D eigenvalue weighted by Crippen LogP contribution is 2.33. The average Bonchev–Trinajstić information content (AvgIpc) is 2.55. The molecule has 1 aromatic rings. The van der Waals surface area contributed by atoms with Crippen LogP contribution in [0.25, 0.3) is 0 Å². The van der Waals surface area contributed by atoms with Gasteiger partial charge in [0.15, 0.2) is 0 Å². The molecule has 1 fully saturated rings. The molecule has 1 heterocycles. The van der Waals surface area contributed by atoms with E-state index in [1.54, 1.807) is 6.26 Å². The van der Waals surface area contributed by atoms with E-state index in [0.29, 0.717) is 12.0 Å². The number of nitrogens with two attached hydrogens (primary N) is 1. The third-order valence-electron chi connectivity index (χ3n) is 2.48. The summed E-state index contributed by atoms with van der Waals surface area (Å²) in [7, 11) is 0. The highest BCUT2D eigenvalue weighted by atomic mass is 16.3. The number of rotatable bonds is 1. The van der Waals surface area contributed by atoms with E-state index in [9.17, 15) is 0 Å². The van der Waals surface area contributed by atoms with Gasteiger partial charge in [-0.25, -0.2) is 0 Å². The average molecular weight is 151 g/mol. The van der Waals surface area contributed by atoms with Crippen LogP contribution in [-0.4, -0.2) is 6.04 Å². The van der Waals surface area contributed by atoms with E-state index in [-0.39, 0.29) is 0 Å². The molecule has 2 rings (SSSR count). The van der Waals surface area contributed by atoms with Gasteiger partial charge in [-0.3, -0.25) is 0 Å². The molecule has 0 radical (unpaired) electrons. The molecule has 60 valence electrons. The predicted molar refractivity (Wildman–Crippen MR) is 43.3 cm³/mol. The van der Waals surface area contributed by atoms with Crippen molar-refractivity contribution in [2.45, 2.75) is 31.2 Å². The maximum absolute atomic E-state index is 5.91. The maximum atomic E-state index is 5.91.